The van der Waals surface area contributed by atoms with E-state index in [1.165, 1.54) is 18.1 Å². The van der Waals surface area contributed by atoms with E-state index in [2.05, 4.69) is 25.9 Å². The van der Waals surface area contributed by atoms with E-state index >= 15 is 0 Å². The maximum atomic E-state index is 9.33. The quantitative estimate of drug-likeness (QED) is 0.650. The lowest BCUT2D eigenvalue weighted by molar-refractivity contribution is 0.196. The predicted molar refractivity (Wildman–Crippen MR) is 61.1 cm³/mol. The second kappa shape index (κ2) is 4.95. The molecule has 0 fully saturated rings. The van der Waals surface area contributed by atoms with Crippen molar-refractivity contribution < 1.29 is 5.11 Å². The van der Waals surface area contributed by atoms with Gasteiger partial charge in [-0.25, -0.2) is 9.97 Å². The summed E-state index contributed by atoms with van der Waals surface area (Å²) in [5, 5.41) is 10.2. The van der Waals surface area contributed by atoms with Crippen molar-refractivity contribution in [2.24, 2.45) is 0 Å². The Hall–Kier alpha value is -0.330. The molecule has 0 saturated carbocycles. The lowest BCUT2D eigenvalue weighted by Crippen LogP contribution is -2.15. The third kappa shape index (κ3) is 2.83. The number of nitrogens with two attached hydrogens (primary N) is 1. The summed E-state index contributed by atoms with van der Waals surface area (Å²) >= 11 is 4.77. The molecule has 0 radical (unpaired) electrons. The van der Waals surface area contributed by atoms with E-state index < -0.39 is 0 Å². The Morgan fingerprint density at radius 3 is 2.71 bits per heavy atom. The second-order valence-corrected chi connectivity index (χ2v) is 5.10. The Labute approximate surface area is 95.5 Å². The normalized spacial score (nSPS) is 15.1. The largest absolute Gasteiger partial charge is 0.392 e. The highest BCUT2D eigenvalue weighted by Crippen LogP contribution is 2.31. The molecule has 1 aromatic rings. The Morgan fingerprint density at radius 2 is 2.14 bits per heavy atom. The minimum absolute atomic E-state index is 0.0700. The Morgan fingerprint density at radius 1 is 1.50 bits per heavy atom. The molecule has 0 aliphatic rings. The molecule has 0 aromatic carbocycles. The molecule has 1 rings (SSSR count). The molecule has 1 aromatic heterocycles. The van der Waals surface area contributed by atoms with Gasteiger partial charge in [0.05, 0.1) is 10.6 Å². The molecule has 2 unspecified atom stereocenters. The zero-order valence-electron chi connectivity index (χ0n) is 7.94. The lowest BCUT2D eigenvalue weighted by Gasteiger charge is -2.14. The van der Waals surface area contributed by atoms with Crippen LogP contribution in [0.2, 0.25) is 0 Å². The Bertz CT molecular complexity index is 321. The van der Waals surface area contributed by atoms with E-state index in [9.17, 15) is 5.11 Å². The van der Waals surface area contributed by atoms with Gasteiger partial charge in [-0.15, -0.1) is 0 Å². The number of aliphatic hydroxyl groups excluding tert-OH is 1. The number of aromatic nitrogens is 2. The summed E-state index contributed by atoms with van der Waals surface area (Å²) in [4.78, 5) is 7.91. The molecule has 0 bridgehead atoms. The van der Waals surface area contributed by atoms with E-state index in [1.807, 2.05) is 6.92 Å². The van der Waals surface area contributed by atoms with Gasteiger partial charge in [0, 0.05) is 5.25 Å². The van der Waals surface area contributed by atoms with Crippen LogP contribution in [-0.4, -0.2) is 26.4 Å². The fourth-order valence-electron chi connectivity index (χ4n) is 0.723. The van der Waals surface area contributed by atoms with Crippen LogP contribution in [-0.2, 0) is 0 Å². The number of thioether (sulfide) groups is 1. The van der Waals surface area contributed by atoms with Gasteiger partial charge in [0.25, 0.3) is 0 Å². The van der Waals surface area contributed by atoms with Gasteiger partial charge < -0.3 is 10.8 Å². The molecule has 0 spiro atoms. The first kappa shape index (κ1) is 11.7. The zero-order chi connectivity index (χ0) is 10.7. The highest BCUT2D eigenvalue weighted by Gasteiger charge is 2.14. The van der Waals surface area contributed by atoms with Crippen LogP contribution in [0.15, 0.2) is 15.8 Å². The highest BCUT2D eigenvalue weighted by molar-refractivity contribution is 9.10. The smallest absolute Gasteiger partial charge is 0.142 e. The number of halogens is 1. The van der Waals surface area contributed by atoms with Gasteiger partial charge in [0.15, 0.2) is 0 Å². The molecule has 1 heterocycles. The van der Waals surface area contributed by atoms with Crippen molar-refractivity contribution in [3.05, 3.63) is 10.8 Å². The summed E-state index contributed by atoms with van der Waals surface area (Å²) in [6, 6.07) is 0. The van der Waals surface area contributed by atoms with Crippen molar-refractivity contribution in [2.45, 2.75) is 30.2 Å². The maximum absolute atomic E-state index is 9.33. The number of rotatable bonds is 3. The Balaban J connectivity index is 2.82. The summed E-state index contributed by atoms with van der Waals surface area (Å²) in [7, 11) is 0. The van der Waals surface area contributed by atoms with Crippen molar-refractivity contribution in [1.29, 1.82) is 0 Å². The third-order valence-corrected chi connectivity index (χ3v) is 4.10. The monoisotopic (exact) mass is 277 g/mol. The summed E-state index contributed by atoms with van der Waals surface area (Å²) in [6.45, 7) is 3.68. The molecule has 6 heteroatoms. The van der Waals surface area contributed by atoms with E-state index in [-0.39, 0.29) is 11.4 Å². The summed E-state index contributed by atoms with van der Waals surface area (Å²) in [6.07, 6.45) is 1.03. The number of nitrogen functional groups attached to an aromatic ring is 1. The predicted octanol–water partition coefficient (Wildman–Crippen LogP) is 1.68. The van der Waals surface area contributed by atoms with E-state index in [0.29, 0.717) is 10.3 Å². The SMILES string of the molecule is CC(O)C(C)Sc1ncnc(N)c1Br. The van der Waals surface area contributed by atoms with Crippen molar-refractivity contribution in [3.63, 3.8) is 0 Å². The average molecular weight is 278 g/mol. The molecule has 78 valence electrons. The molecule has 0 aliphatic carbocycles. The van der Waals surface area contributed by atoms with Gasteiger partial charge in [-0.2, -0.15) is 0 Å². The van der Waals surface area contributed by atoms with Crippen molar-refractivity contribution in [1.82, 2.24) is 9.97 Å². The number of nitrogens with zero attached hydrogens (tertiary/aromatic N) is 2. The van der Waals surface area contributed by atoms with E-state index in [1.54, 1.807) is 6.92 Å². The van der Waals surface area contributed by atoms with Crippen LogP contribution in [0.25, 0.3) is 0 Å². The molecule has 2 atom stereocenters. The summed E-state index contributed by atoms with van der Waals surface area (Å²) in [5.74, 6) is 0.417. The average Bonchev–Trinajstić information content (AvgIpc) is 2.12. The first-order valence-corrected chi connectivity index (χ1v) is 5.80. The Kier molecular flexibility index (Phi) is 4.15. The van der Waals surface area contributed by atoms with Gasteiger partial charge in [0.1, 0.15) is 17.2 Å². The molecule has 0 saturated heterocycles. The van der Waals surface area contributed by atoms with E-state index in [0.717, 1.165) is 5.03 Å². The van der Waals surface area contributed by atoms with E-state index in [4.69, 9.17) is 5.73 Å². The van der Waals surface area contributed by atoms with Crippen molar-refractivity contribution in [2.75, 3.05) is 5.73 Å². The molecule has 14 heavy (non-hydrogen) atoms. The molecule has 3 N–H and O–H groups in total. The van der Waals surface area contributed by atoms with Crippen molar-refractivity contribution in [3.8, 4) is 0 Å². The summed E-state index contributed by atoms with van der Waals surface area (Å²) < 4.78 is 0.692. The van der Waals surface area contributed by atoms with Crippen molar-refractivity contribution >= 4 is 33.5 Å². The first-order valence-electron chi connectivity index (χ1n) is 4.13. The minimum atomic E-state index is -0.386. The molecule has 0 amide bonds. The standard InChI is InChI=1S/C8H12BrN3OS/c1-4(13)5(2)14-8-6(9)7(10)11-3-12-8/h3-5,13H,1-2H3,(H2,10,11,12). The topological polar surface area (TPSA) is 72.0 Å². The minimum Gasteiger partial charge on any atom is -0.392 e. The van der Waals surface area contributed by atoms with Crippen LogP contribution >= 0.6 is 27.7 Å². The fraction of sp³-hybridized carbons (Fsp3) is 0.500. The van der Waals surface area contributed by atoms with Crippen LogP contribution in [0.3, 0.4) is 0 Å². The van der Waals surface area contributed by atoms with Crippen LogP contribution in [0.4, 0.5) is 5.82 Å². The number of hydrogen-bond donors (Lipinski definition) is 2. The fourth-order valence-corrected chi connectivity index (χ4v) is 2.07. The van der Waals surface area contributed by atoms with Gasteiger partial charge in [0.2, 0.25) is 0 Å². The highest BCUT2D eigenvalue weighted by atomic mass is 79.9. The van der Waals surface area contributed by atoms with Gasteiger partial charge in [-0.05, 0) is 22.9 Å². The van der Waals surface area contributed by atoms with Crippen LogP contribution < -0.4 is 5.73 Å². The first-order chi connectivity index (χ1) is 6.52. The van der Waals surface area contributed by atoms with Crippen LogP contribution in [0.1, 0.15) is 13.8 Å². The third-order valence-electron chi connectivity index (χ3n) is 1.76. The number of aliphatic hydroxyl groups is 1. The van der Waals surface area contributed by atoms with Gasteiger partial charge in [-0.3, -0.25) is 0 Å². The van der Waals surface area contributed by atoms with Crippen LogP contribution in [0, 0.1) is 0 Å². The van der Waals surface area contributed by atoms with Gasteiger partial charge >= 0.3 is 0 Å². The molecular weight excluding hydrogens is 266 g/mol. The molecule has 0 aliphatic heterocycles. The molecule has 4 nitrogen and oxygen atoms in total. The summed E-state index contributed by atoms with van der Waals surface area (Å²) in [5.41, 5.74) is 5.60. The molecular formula is C8H12BrN3OS. The second-order valence-electron chi connectivity index (χ2n) is 2.94. The zero-order valence-corrected chi connectivity index (χ0v) is 10.3. The number of hydrogen-bond acceptors (Lipinski definition) is 5. The number of anilines is 1. The van der Waals surface area contributed by atoms with Crippen LogP contribution in [0.5, 0.6) is 0 Å². The lowest BCUT2D eigenvalue weighted by atomic mass is 10.3. The van der Waals surface area contributed by atoms with Gasteiger partial charge in [-0.1, -0.05) is 18.7 Å². The maximum Gasteiger partial charge on any atom is 0.142 e.